The Balaban J connectivity index is 2.89. The molecule has 0 aliphatic rings. The molecule has 0 aliphatic heterocycles. The van der Waals surface area contributed by atoms with Crippen LogP contribution in [0.4, 0.5) is 11.6 Å². The monoisotopic (exact) mass is 266 g/mol. The van der Waals surface area contributed by atoms with Gasteiger partial charge in [0.1, 0.15) is 17.5 Å². The summed E-state index contributed by atoms with van der Waals surface area (Å²) in [5, 5.41) is 16.1. The molecular weight excluding hydrogens is 240 g/mol. The van der Waals surface area contributed by atoms with Crippen LogP contribution in [0.1, 0.15) is 50.9 Å². The van der Waals surface area contributed by atoms with Crippen molar-refractivity contribution in [2.45, 2.75) is 52.6 Å². The number of aliphatic hydroxyl groups excluding tert-OH is 1. The summed E-state index contributed by atoms with van der Waals surface area (Å²) in [6.07, 6.45) is 1.44. The maximum atomic E-state index is 9.78. The molecule has 0 aromatic carbocycles. The molecule has 0 fully saturated rings. The fraction of sp³-hybridized carbons (Fsp3) is 0.714. The largest absolute Gasteiger partial charge is 0.391 e. The van der Waals surface area contributed by atoms with Crippen LogP contribution in [0.5, 0.6) is 0 Å². The van der Waals surface area contributed by atoms with Gasteiger partial charge in [-0.15, -0.1) is 0 Å². The van der Waals surface area contributed by atoms with Gasteiger partial charge >= 0.3 is 0 Å². The van der Waals surface area contributed by atoms with Crippen molar-refractivity contribution in [3.63, 3.8) is 0 Å². The Bertz CT molecular complexity index is 407. The van der Waals surface area contributed by atoms with E-state index in [9.17, 15) is 5.11 Å². The minimum atomic E-state index is -0.333. The lowest BCUT2D eigenvalue weighted by molar-refractivity contribution is 0.176. The second kappa shape index (κ2) is 7.28. The van der Waals surface area contributed by atoms with Gasteiger partial charge in [-0.2, -0.15) is 0 Å². The molecule has 0 aliphatic carbocycles. The van der Waals surface area contributed by atoms with E-state index in [0.29, 0.717) is 6.54 Å². The summed E-state index contributed by atoms with van der Waals surface area (Å²) in [7, 11) is 1.86. The van der Waals surface area contributed by atoms with E-state index in [1.54, 1.807) is 0 Å². The van der Waals surface area contributed by atoms with Crippen LogP contribution < -0.4 is 10.6 Å². The zero-order valence-electron chi connectivity index (χ0n) is 12.6. The Morgan fingerprint density at radius 3 is 2.37 bits per heavy atom. The highest BCUT2D eigenvalue weighted by molar-refractivity contribution is 5.57. The highest BCUT2D eigenvalue weighted by Gasteiger charge is 2.13. The van der Waals surface area contributed by atoms with Crippen molar-refractivity contribution in [3.05, 3.63) is 11.4 Å². The molecule has 0 spiro atoms. The number of aliphatic hydroxyl groups is 1. The maximum absolute atomic E-state index is 9.78. The number of nitrogens with zero attached hydrogens (tertiary/aromatic N) is 2. The summed E-state index contributed by atoms with van der Waals surface area (Å²) in [5.74, 6) is 2.72. The molecule has 1 aromatic heterocycles. The number of hydrogen-bond donors (Lipinski definition) is 3. The third-order valence-corrected chi connectivity index (χ3v) is 3.04. The highest BCUT2D eigenvalue weighted by Crippen LogP contribution is 2.22. The van der Waals surface area contributed by atoms with Gasteiger partial charge in [0.05, 0.1) is 6.10 Å². The third kappa shape index (κ3) is 4.35. The lowest BCUT2D eigenvalue weighted by Crippen LogP contribution is -2.21. The summed E-state index contributed by atoms with van der Waals surface area (Å²) in [5.41, 5.74) is 0.982. The molecule has 5 heteroatoms. The van der Waals surface area contributed by atoms with Crippen LogP contribution in [-0.2, 0) is 0 Å². The predicted octanol–water partition coefficient (Wildman–Crippen LogP) is 2.52. The van der Waals surface area contributed by atoms with Crippen LogP contribution >= 0.6 is 0 Å². The molecule has 0 bridgehead atoms. The normalized spacial score (nSPS) is 12.6. The summed E-state index contributed by atoms with van der Waals surface area (Å²) in [6.45, 7) is 8.70. The number of aromatic nitrogens is 2. The summed E-state index contributed by atoms with van der Waals surface area (Å²) < 4.78 is 0. The van der Waals surface area contributed by atoms with Crippen LogP contribution in [0, 0.1) is 6.92 Å². The molecule has 0 saturated heterocycles. The molecule has 19 heavy (non-hydrogen) atoms. The molecule has 1 unspecified atom stereocenters. The minimum Gasteiger partial charge on any atom is -0.391 e. The summed E-state index contributed by atoms with van der Waals surface area (Å²) >= 11 is 0. The van der Waals surface area contributed by atoms with Crippen molar-refractivity contribution < 1.29 is 5.11 Å². The average molecular weight is 266 g/mol. The first-order chi connectivity index (χ1) is 8.99. The molecule has 0 saturated carbocycles. The van der Waals surface area contributed by atoms with Gasteiger partial charge in [-0.25, -0.2) is 9.97 Å². The first-order valence-corrected chi connectivity index (χ1v) is 6.97. The van der Waals surface area contributed by atoms with E-state index < -0.39 is 0 Å². The molecule has 3 N–H and O–H groups in total. The predicted molar refractivity (Wildman–Crippen MR) is 79.8 cm³/mol. The van der Waals surface area contributed by atoms with Crippen LogP contribution in [0.3, 0.4) is 0 Å². The van der Waals surface area contributed by atoms with E-state index in [1.807, 2.05) is 14.0 Å². The molecule has 5 nitrogen and oxygen atoms in total. The fourth-order valence-electron chi connectivity index (χ4n) is 1.86. The SMILES string of the molecule is CCCC(O)CNc1nc(C(C)C)nc(NC)c1C. The standard InChI is InChI=1S/C14H26N4O/c1-6-7-11(19)8-16-14-10(4)13(15-5)17-12(18-14)9(2)3/h9,11,19H,6-8H2,1-5H3,(H2,15,16,17,18). The fourth-order valence-corrected chi connectivity index (χ4v) is 1.86. The summed E-state index contributed by atoms with van der Waals surface area (Å²) in [6, 6.07) is 0. The van der Waals surface area contributed by atoms with Gasteiger partial charge in [0, 0.05) is 25.1 Å². The maximum Gasteiger partial charge on any atom is 0.135 e. The number of rotatable bonds is 7. The topological polar surface area (TPSA) is 70.1 Å². The number of hydrogen-bond acceptors (Lipinski definition) is 5. The second-order valence-electron chi connectivity index (χ2n) is 5.13. The molecular formula is C14H26N4O. The Hall–Kier alpha value is -1.36. The van der Waals surface area contributed by atoms with E-state index in [2.05, 4.69) is 41.4 Å². The Morgan fingerprint density at radius 1 is 1.21 bits per heavy atom. The second-order valence-corrected chi connectivity index (χ2v) is 5.13. The van der Waals surface area contributed by atoms with Crippen molar-refractivity contribution in [1.82, 2.24) is 9.97 Å². The summed E-state index contributed by atoms with van der Waals surface area (Å²) in [4.78, 5) is 9.03. The van der Waals surface area contributed by atoms with Crippen molar-refractivity contribution in [2.75, 3.05) is 24.2 Å². The van der Waals surface area contributed by atoms with E-state index >= 15 is 0 Å². The van der Waals surface area contributed by atoms with Gasteiger partial charge in [0.25, 0.3) is 0 Å². The lowest BCUT2D eigenvalue weighted by Gasteiger charge is -2.16. The molecule has 1 atom stereocenters. The van der Waals surface area contributed by atoms with E-state index in [0.717, 1.165) is 35.9 Å². The molecule has 0 radical (unpaired) electrons. The van der Waals surface area contributed by atoms with Gasteiger partial charge < -0.3 is 15.7 Å². The van der Waals surface area contributed by atoms with Crippen LogP contribution in [-0.4, -0.2) is 34.8 Å². The minimum absolute atomic E-state index is 0.272. The average Bonchev–Trinajstić information content (AvgIpc) is 2.37. The smallest absolute Gasteiger partial charge is 0.135 e. The van der Waals surface area contributed by atoms with Gasteiger partial charge in [0.2, 0.25) is 0 Å². The molecule has 1 heterocycles. The van der Waals surface area contributed by atoms with E-state index in [1.165, 1.54) is 0 Å². The zero-order valence-corrected chi connectivity index (χ0v) is 12.6. The van der Waals surface area contributed by atoms with Gasteiger partial charge in [-0.3, -0.25) is 0 Å². The zero-order chi connectivity index (χ0) is 14.4. The Kier molecular flexibility index (Phi) is 6.02. The highest BCUT2D eigenvalue weighted by atomic mass is 16.3. The molecule has 0 amide bonds. The van der Waals surface area contributed by atoms with Crippen molar-refractivity contribution in [3.8, 4) is 0 Å². The molecule has 108 valence electrons. The molecule has 1 aromatic rings. The van der Waals surface area contributed by atoms with Gasteiger partial charge in [-0.1, -0.05) is 27.2 Å². The van der Waals surface area contributed by atoms with E-state index in [4.69, 9.17) is 0 Å². The van der Waals surface area contributed by atoms with Crippen LogP contribution in [0.2, 0.25) is 0 Å². The van der Waals surface area contributed by atoms with Crippen molar-refractivity contribution in [2.24, 2.45) is 0 Å². The lowest BCUT2D eigenvalue weighted by atomic mass is 10.2. The van der Waals surface area contributed by atoms with Crippen LogP contribution in [0.25, 0.3) is 0 Å². The first kappa shape index (κ1) is 15.7. The Labute approximate surface area is 115 Å². The van der Waals surface area contributed by atoms with E-state index in [-0.39, 0.29) is 12.0 Å². The van der Waals surface area contributed by atoms with Crippen molar-refractivity contribution >= 4 is 11.6 Å². The van der Waals surface area contributed by atoms with Crippen LogP contribution in [0.15, 0.2) is 0 Å². The first-order valence-electron chi connectivity index (χ1n) is 6.97. The van der Waals surface area contributed by atoms with Gasteiger partial charge in [0.15, 0.2) is 0 Å². The van der Waals surface area contributed by atoms with Gasteiger partial charge in [-0.05, 0) is 13.3 Å². The third-order valence-electron chi connectivity index (χ3n) is 3.04. The Morgan fingerprint density at radius 2 is 1.84 bits per heavy atom. The number of anilines is 2. The number of nitrogens with one attached hydrogen (secondary N) is 2. The quantitative estimate of drug-likeness (QED) is 0.707. The van der Waals surface area contributed by atoms with Crippen molar-refractivity contribution in [1.29, 1.82) is 0 Å². The molecule has 1 rings (SSSR count).